The number of ether oxygens (including phenoxy) is 1. The van der Waals surface area contributed by atoms with E-state index < -0.39 is 11.7 Å². The first-order chi connectivity index (χ1) is 11.5. The van der Waals surface area contributed by atoms with Gasteiger partial charge in [-0.1, -0.05) is 54.6 Å². The average molecular weight is 332 g/mol. The Labute approximate surface area is 139 Å². The first-order valence-electron chi connectivity index (χ1n) is 8.05. The molecule has 1 aliphatic rings. The van der Waals surface area contributed by atoms with Gasteiger partial charge in [-0.2, -0.15) is 13.2 Å². The third-order valence-corrected chi connectivity index (χ3v) is 4.21. The molecular weight excluding hydrogens is 313 g/mol. The Balaban J connectivity index is 1.61. The largest absolute Gasteiger partial charge is 0.416 e. The van der Waals surface area contributed by atoms with E-state index in [1.54, 1.807) is 0 Å². The van der Waals surface area contributed by atoms with Crippen molar-refractivity contribution in [3.8, 4) is 0 Å². The third kappa shape index (κ3) is 4.26. The molecule has 3 rings (SSSR count). The fourth-order valence-electron chi connectivity index (χ4n) is 2.87. The SMILES string of the molecule is FC(F)(F)c1ccc([C@@H]2C=CC[C@@H](CCc3ccccc3)O2)cc1. The second-order valence-corrected chi connectivity index (χ2v) is 5.99. The van der Waals surface area contributed by atoms with Gasteiger partial charge in [0.15, 0.2) is 0 Å². The fraction of sp³-hybridized carbons (Fsp3) is 0.300. The Morgan fingerprint density at radius 1 is 0.958 bits per heavy atom. The van der Waals surface area contributed by atoms with E-state index in [9.17, 15) is 13.2 Å². The van der Waals surface area contributed by atoms with E-state index in [0.29, 0.717) is 0 Å². The lowest BCUT2D eigenvalue weighted by Gasteiger charge is -2.26. The van der Waals surface area contributed by atoms with E-state index in [-0.39, 0.29) is 12.2 Å². The first kappa shape index (κ1) is 16.8. The van der Waals surface area contributed by atoms with Crippen LogP contribution in [0.3, 0.4) is 0 Å². The summed E-state index contributed by atoms with van der Waals surface area (Å²) in [5.41, 5.74) is 1.39. The lowest BCUT2D eigenvalue weighted by Crippen LogP contribution is -2.20. The standard InChI is InChI=1S/C20H19F3O/c21-20(22,23)17-12-10-16(11-13-17)19-8-4-7-18(24-19)14-9-15-5-2-1-3-6-15/h1-6,8,10-13,18-19H,7,9,14H2/t18-,19-/m0/s1. The molecule has 0 unspecified atom stereocenters. The average Bonchev–Trinajstić information content (AvgIpc) is 2.60. The predicted octanol–water partition coefficient (Wildman–Crippen LogP) is 5.72. The van der Waals surface area contributed by atoms with Crippen LogP contribution >= 0.6 is 0 Å². The normalized spacial score (nSPS) is 21.0. The van der Waals surface area contributed by atoms with Gasteiger partial charge in [0.05, 0.1) is 11.7 Å². The zero-order chi connectivity index (χ0) is 17.0. The highest BCUT2D eigenvalue weighted by molar-refractivity contribution is 5.28. The molecule has 0 aromatic heterocycles. The van der Waals surface area contributed by atoms with Crippen LogP contribution in [0.2, 0.25) is 0 Å². The van der Waals surface area contributed by atoms with Gasteiger partial charge < -0.3 is 4.74 Å². The van der Waals surface area contributed by atoms with E-state index in [4.69, 9.17) is 4.74 Å². The van der Waals surface area contributed by atoms with Gasteiger partial charge in [-0.3, -0.25) is 0 Å². The second kappa shape index (κ2) is 7.22. The summed E-state index contributed by atoms with van der Waals surface area (Å²) in [4.78, 5) is 0. The molecule has 0 saturated heterocycles. The van der Waals surface area contributed by atoms with Gasteiger partial charge in [-0.25, -0.2) is 0 Å². The van der Waals surface area contributed by atoms with Crippen LogP contribution in [0, 0.1) is 0 Å². The van der Waals surface area contributed by atoms with E-state index in [1.165, 1.54) is 17.7 Å². The maximum Gasteiger partial charge on any atom is 0.416 e. The Morgan fingerprint density at radius 3 is 2.33 bits per heavy atom. The van der Waals surface area contributed by atoms with Gasteiger partial charge in [-0.05, 0) is 42.5 Å². The molecule has 0 fully saturated rings. The minimum Gasteiger partial charge on any atom is -0.366 e. The molecule has 0 spiro atoms. The molecule has 0 saturated carbocycles. The smallest absolute Gasteiger partial charge is 0.366 e. The lowest BCUT2D eigenvalue weighted by molar-refractivity contribution is -0.137. The Kier molecular flexibility index (Phi) is 5.05. The maximum atomic E-state index is 12.6. The summed E-state index contributed by atoms with van der Waals surface area (Å²) >= 11 is 0. The molecule has 2 aromatic rings. The number of hydrogen-bond acceptors (Lipinski definition) is 1. The minimum absolute atomic E-state index is 0.0856. The van der Waals surface area contributed by atoms with Crippen molar-refractivity contribution in [2.75, 3.05) is 0 Å². The Morgan fingerprint density at radius 2 is 1.67 bits per heavy atom. The van der Waals surface area contributed by atoms with E-state index in [2.05, 4.69) is 18.2 Å². The van der Waals surface area contributed by atoms with Crippen LogP contribution in [0.4, 0.5) is 13.2 Å². The summed E-state index contributed by atoms with van der Waals surface area (Å²) in [6.45, 7) is 0. The molecule has 1 aliphatic heterocycles. The summed E-state index contributed by atoms with van der Waals surface area (Å²) in [6, 6.07) is 15.4. The van der Waals surface area contributed by atoms with Crippen LogP contribution < -0.4 is 0 Å². The number of alkyl halides is 3. The number of rotatable bonds is 4. The summed E-state index contributed by atoms with van der Waals surface area (Å²) in [6.07, 6.45) is 2.14. The molecule has 0 bridgehead atoms. The molecule has 0 aliphatic carbocycles. The van der Waals surface area contributed by atoms with Crippen molar-refractivity contribution < 1.29 is 17.9 Å². The van der Waals surface area contributed by atoms with E-state index in [1.807, 2.05) is 24.3 Å². The highest BCUT2D eigenvalue weighted by Gasteiger charge is 2.30. The van der Waals surface area contributed by atoms with Crippen LogP contribution in [0.25, 0.3) is 0 Å². The van der Waals surface area contributed by atoms with Gasteiger partial charge >= 0.3 is 6.18 Å². The quantitative estimate of drug-likeness (QED) is 0.650. The molecule has 24 heavy (non-hydrogen) atoms. The van der Waals surface area contributed by atoms with Gasteiger partial charge in [0.2, 0.25) is 0 Å². The molecule has 1 heterocycles. The zero-order valence-corrected chi connectivity index (χ0v) is 13.2. The van der Waals surface area contributed by atoms with E-state index >= 15 is 0 Å². The molecule has 2 atom stereocenters. The van der Waals surface area contributed by atoms with Gasteiger partial charge in [0.1, 0.15) is 6.10 Å². The van der Waals surface area contributed by atoms with E-state index in [0.717, 1.165) is 37.0 Å². The molecule has 4 heteroatoms. The molecule has 2 aromatic carbocycles. The van der Waals surface area contributed by atoms with Crippen LogP contribution in [0.1, 0.15) is 35.6 Å². The third-order valence-electron chi connectivity index (χ3n) is 4.21. The number of aryl methyl sites for hydroxylation is 1. The van der Waals surface area contributed by atoms with Crippen LogP contribution in [0.5, 0.6) is 0 Å². The molecule has 126 valence electrons. The molecule has 0 N–H and O–H groups in total. The highest BCUT2D eigenvalue weighted by Crippen LogP contribution is 2.32. The van der Waals surface area contributed by atoms with Gasteiger partial charge in [0.25, 0.3) is 0 Å². The summed E-state index contributed by atoms with van der Waals surface area (Å²) in [5, 5.41) is 0. The molecule has 0 radical (unpaired) electrons. The minimum atomic E-state index is -4.31. The van der Waals surface area contributed by atoms with Crippen molar-refractivity contribution in [1.29, 1.82) is 0 Å². The first-order valence-corrected chi connectivity index (χ1v) is 8.05. The highest BCUT2D eigenvalue weighted by atomic mass is 19.4. The number of benzene rings is 2. The molecular formula is C20H19F3O. The second-order valence-electron chi connectivity index (χ2n) is 5.99. The van der Waals surface area contributed by atoms with Gasteiger partial charge in [0, 0.05) is 0 Å². The topological polar surface area (TPSA) is 9.23 Å². The number of hydrogen-bond donors (Lipinski definition) is 0. The van der Waals surface area contributed by atoms with Crippen molar-refractivity contribution in [2.45, 2.75) is 37.6 Å². The van der Waals surface area contributed by atoms with Crippen molar-refractivity contribution >= 4 is 0 Å². The monoisotopic (exact) mass is 332 g/mol. The van der Waals surface area contributed by atoms with Crippen LogP contribution in [0.15, 0.2) is 66.7 Å². The fourth-order valence-corrected chi connectivity index (χ4v) is 2.87. The summed E-state index contributed by atoms with van der Waals surface area (Å²) in [7, 11) is 0. The maximum absolute atomic E-state index is 12.6. The van der Waals surface area contributed by atoms with Crippen molar-refractivity contribution in [1.82, 2.24) is 0 Å². The van der Waals surface area contributed by atoms with Crippen LogP contribution in [-0.4, -0.2) is 6.10 Å². The molecule has 0 amide bonds. The summed E-state index contributed by atoms with van der Waals surface area (Å²) in [5.74, 6) is 0. The van der Waals surface area contributed by atoms with Gasteiger partial charge in [-0.15, -0.1) is 0 Å². The van der Waals surface area contributed by atoms with Crippen molar-refractivity contribution in [3.63, 3.8) is 0 Å². The van der Waals surface area contributed by atoms with Crippen molar-refractivity contribution in [2.24, 2.45) is 0 Å². The number of halogens is 3. The predicted molar refractivity (Wildman–Crippen MR) is 87.6 cm³/mol. The lowest BCUT2D eigenvalue weighted by atomic mass is 9.99. The molecule has 1 nitrogen and oxygen atoms in total. The summed E-state index contributed by atoms with van der Waals surface area (Å²) < 4.78 is 44.0. The Bertz CT molecular complexity index is 674. The Hall–Kier alpha value is -2.07. The van der Waals surface area contributed by atoms with Crippen LogP contribution in [-0.2, 0) is 17.3 Å². The zero-order valence-electron chi connectivity index (χ0n) is 13.2. The van der Waals surface area contributed by atoms with Crippen molar-refractivity contribution in [3.05, 3.63) is 83.4 Å².